The van der Waals surface area contributed by atoms with Gasteiger partial charge in [0, 0.05) is 7.11 Å². The van der Waals surface area contributed by atoms with Crippen molar-refractivity contribution in [2.75, 3.05) is 7.11 Å². The highest BCUT2D eigenvalue weighted by Gasteiger charge is 2.51. The molecule has 1 fully saturated rings. The number of benzene rings is 2. The van der Waals surface area contributed by atoms with Crippen molar-refractivity contribution in [1.29, 1.82) is 0 Å². The molecule has 116 valence electrons. The summed E-state index contributed by atoms with van der Waals surface area (Å²) in [5.41, 5.74) is 0.190. The maximum absolute atomic E-state index is 13.1. The lowest BCUT2D eigenvalue weighted by Gasteiger charge is -2.34. The van der Waals surface area contributed by atoms with Crippen molar-refractivity contribution in [3.63, 3.8) is 0 Å². The van der Waals surface area contributed by atoms with Crippen LogP contribution in [0.25, 0.3) is 0 Å². The Bertz CT molecular complexity index is 725. The summed E-state index contributed by atoms with van der Waals surface area (Å²) < 4.78 is 32.0. The summed E-state index contributed by atoms with van der Waals surface area (Å²) in [5, 5.41) is -0.546. The molecule has 3 nitrogen and oxygen atoms in total. The molecule has 1 saturated carbocycles. The zero-order chi connectivity index (χ0) is 15.6. The molecule has 22 heavy (non-hydrogen) atoms. The van der Waals surface area contributed by atoms with Crippen LogP contribution in [0.1, 0.15) is 24.8 Å². The van der Waals surface area contributed by atoms with Crippen LogP contribution in [-0.2, 0) is 20.2 Å². The van der Waals surface area contributed by atoms with Crippen LogP contribution in [-0.4, -0.2) is 20.8 Å². The van der Waals surface area contributed by atoms with Gasteiger partial charge in [-0.15, -0.1) is 0 Å². The predicted octanol–water partition coefficient (Wildman–Crippen LogP) is 3.55. The molecule has 0 spiro atoms. The van der Waals surface area contributed by atoms with Crippen LogP contribution < -0.4 is 0 Å². The average Bonchev–Trinajstić information content (AvgIpc) is 3.02. The molecule has 0 bridgehead atoms. The Hall–Kier alpha value is -1.65. The number of hydrogen-bond acceptors (Lipinski definition) is 3. The number of sulfone groups is 1. The molecule has 0 saturated heterocycles. The molecule has 4 heteroatoms. The van der Waals surface area contributed by atoms with E-state index < -0.39 is 20.7 Å². The van der Waals surface area contributed by atoms with Gasteiger partial charge in [-0.3, -0.25) is 0 Å². The highest BCUT2D eigenvalue weighted by Crippen LogP contribution is 2.46. The molecule has 0 N–H and O–H groups in total. The molecule has 2 aromatic carbocycles. The number of ether oxygens (including phenoxy) is 1. The van der Waals surface area contributed by atoms with Crippen LogP contribution in [0.15, 0.2) is 65.6 Å². The lowest BCUT2D eigenvalue weighted by atomic mass is 9.91. The minimum atomic E-state index is -3.43. The van der Waals surface area contributed by atoms with Crippen molar-refractivity contribution in [3.05, 3.63) is 66.2 Å². The second-order valence-electron chi connectivity index (χ2n) is 5.70. The molecular formula is C18H20O3S. The summed E-state index contributed by atoms with van der Waals surface area (Å²) in [6.45, 7) is 0. The van der Waals surface area contributed by atoms with E-state index >= 15 is 0 Å². The van der Waals surface area contributed by atoms with E-state index in [0.717, 1.165) is 18.4 Å². The summed E-state index contributed by atoms with van der Waals surface area (Å²) in [4.78, 5) is 0.374. The molecule has 0 radical (unpaired) electrons. The van der Waals surface area contributed by atoms with Crippen LogP contribution in [0, 0.1) is 0 Å². The van der Waals surface area contributed by atoms with Crippen molar-refractivity contribution >= 4 is 9.84 Å². The van der Waals surface area contributed by atoms with E-state index in [4.69, 9.17) is 4.74 Å². The van der Waals surface area contributed by atoms with E-state index in [1.165, 1.54) is 0 Å². The van der Waals surface area contributed by atoms with E-state index in [1.807, 2.05) is 36.4 Å². The largest absolute Gasteiger partial charge is 0.372 e. The Kier molecular flexibility index (Phi) is 4.06. The van der Waals surface area contributed by atoms with Crippen LogP contribution >= 0.6 is 0 Å². The molecule has 2 aromatic rings. The SMILES string of the molecule is COC1(c2ccccc2)CCCC1S(=O)(=O)c1ccccc1. The maximum atomic E-state index is 13.1. The molecule has 3 rings (SSSR count). The summed E-state index contributed by atoms with van der Waals surface area (Å²) >= 11 is 0. The Morgan fingerprint density at radius 2 is 1.59 bits per heavy atom. The quantitative estimate of drug-likeness (QED) is 0.866. The third-order valence-electron chi connectivity index (χ3n) is 4.61. The zero-order valence-corrected chi connectivity index (χ0v) is 13.4. The van der Waals surface area contributed by atoms with Crippen molar-refractivity contribution in [3.8, 4) is 0 Å². The Morgan fingerprint density at radius 3 is 2.18 bits per heavy atom. The number of rotatable bonds is 4. The van der Waals surface area contributed by atoms with Gasteiger partial charge in [-0.25, -0.2) is 8.42 Å². The first-order chi connectivity index (χ1) is 10.6. The monoisotopic (exact) mass is 316 g/mol. The fraction of sp³-hybridized carbons (Fsp3) is 0.333. The van der Waals surface area contributed by atoms with Crippen molar-refractivity contribution in [1.82, 2.24) is 0 Å². The first kappa shape index (κ1) is 15.3. The molecular weight excluding hydrogens is 296 g/mol. The topological polar surface area (TPSA) is 43.4 Å². The standard InChI is InChI=1S/C18H20O3S/c1-21-18(15-9-4-2-5-10-15)14-8-13-17(18)22(19,20)16-11-6-3-7-12-16/h2-7,9-12,17H,8,13-14H2,1H3. The predicted molar refractivity (Wildman–Crippen MR) is 86.4 cm³/mol. The van der Waals surface area contributed by atoms with E-state index in [9.17, 15) is 8.42 Å². The third kappa shape index (κ3) is 2.36. The molecule has 0 amide bonds. The lowest BCUT2D eigenvalue weighted by Crippen LogP contribution is -2.41. The lowest BCUT2D eigenvalue weighted by molar-refractivity contribution is -0.00591. The minimum Gasteiger partial charge on any atom is -0.372 e. The fourth-order valence-corrected chi connectivity index (χ4v) is 5.72. The van der Waals surface area contributed by atoms with E-state index in [0.29, 0.717) is 11.3 Å². The van der Waals surface area contributed by atoms with Gasteiger partial charge in [0.1, 0.15) is 5.60 Å². The first-order valence-electron chi connectivity index (χ1n) is 7.51. The molecule has 0 heterocycles. The Morgan fingerprint density at radius 1 is 1.00 bits per heavy atom. The van der Waals surface area contributed by atoms with Crippen molar-refractivity contribution in [2.45, 2.75) is 35.0 Å². The number of methoxy groups -OCH3 is 1. The van der Waals surface area contributed by atoms with Gasteiger partial charge >= 0.3 is 0 Å². The summed E-state index contributed by atoms with van der Waals surface area (Å²) in [6.07, 6.45) is 2.20. The average molecular weight is 316 g/mol. The van der Waals surface area contributed by atoms with Gasteiger partial charge < -0.3 is 4.74 Å². The van der Waals surface area contributed by atoms with Gasteiger partial charge in [0.25, 0.3) is 0 Å². The third-order valence-corrected chi connectivity index (χ3v) is 6.90. The Balaban J connectivity index is 2.10. The number of hydrogen-bond donors (Lipinski definition) is 0. The molecule has 0 aromatic heterocycles. The smallest absolute Gasteiger partial charge is 0.184 e. The van der Waals surface area contributed by atoms with Gasteiger partial charge in [0.15, 0.2) is 9.84 Å². The van der Waals surface area contributed by atoms with Gasteiger partial charge in [0.05, 0.1) is 10.1 Å². The molecule has 0 aliphatic heterocycles. The molecule has 2 unspecified atom stereocenters. The van der Waals surface area contributed by atoms with E-state index in [-0.39, 0.29) is 0 Å². The Labute approximate surface area is 131 Å². The van der Waals surface area contributed by atoms with Gasteiger partial charge in [0.2, 0.25) is 0 Å². The van der Waals surface area contributed by atoms with Gasteiger partial charge in [-0.1, -0.05) is 48.5 Å². The normalized spacial score (nSPS) is 25.2. The van der Waals surface area contributed by atoms with Gasteiger partial charge in [-0.05, 0) is 37.0 Å². The van der Waals surface area contributed by atoms with E-state index in [1.54, 1.807) is 31.4 Å². The molecule has 2 atom stereocenters. The second-order valence-corrected chi connectivity index (χ2v) is 7.83. The van der Waals surface area contributed by atoms with Gasteiger partial charge in [-0.2, -0.15) is 0 Å². The summed E-state index contributed by atoms with van der Waals surface area (Å²) in [6, 6.07) is 18.4. The van der Waals surface area contributed by atoms with Crippen LogP contribution in [0.2, 0.25) is 0 Å². The summed E-state index contributed by atoms with van der Waals surface area (Å²) in [7, 11) is -1.81. The van der Waals surface area contributed by atoms with Crippen LogP contribution in [0.3, 0.4) is 0 Å². The van der Waals surface area contributed by atoms with Crippen molar-refractivity contribution in [2.24, 2.45) is 0 Å². The summed E-state index contributed by atoms with van der Waals surface area (Å²) in [5.74, 6) is 0. The second kappa shape index (κ2) is 5.86. The van der Waals surface area contributed by atoms with Crippen molar-refractivity contribution < 1.29 is 13.2 Å². The van der Waals surface area contributed by atoms with Crippen LogP contribution in [0.5, 0.6) is 0 Å². The minimum absolute atomic E-state index is 0.374. The van der Waals surface area contributed by atoms with Crippen LogP contribution in [0.4, 0.5) is 0 Å². The fourth-order valence-electron chi connectivity index (χ4n) is 3.53. The highest BCUT2D eigenvalue weighted by atomic mass is 32.2. The highest BCUT2D eigenvalue weighted by molar-refractivity contribution is 7.92. The van der Waals surface area contributed by atoms with E-state index in [2.05, 4.69) is 0 Å². The molecule has 1 aliphatic rings. The maximum Gasteiger partial charge on any atom is 0.184 e. The molecule has 1 aliphatic carbocycles. The zero-order valence-electron chi connectivity index (χ0n) is 12.6. The first-order valence-corrected chi connectivity index (χ1v) is 9.05.